The molecule has 0 atom stereocenters. The highest BCUT2D eigenvalue weighted by molar-refractivity contribution is 9.10. The number of rotatable bonds is 3. The third kappa shape index (κ3) is 3.96. The number of nitrogens with one attached hydrogen (secondary N) is 1. The van der Waals surface area contributed by atoms with Crippen LogP contribution in [0.5, 0.6) is 0 Å². The lowest BCUT2D eigenvalue weighted by molar-refractivity contribution is -0.138. The lowest BCUT2D eigenvalue weighted by Crippen LogP contribution is -2.37. The lowest BCUT2D eigenvalue weighted by Gasteiger charge is -2.19. The van der Waals surface area contributed by atoms with Crippen LogP contribution in [0, 0.1) is 0 Å². The summed E-state index contributed by atoms with van der Waals surface area (Å²) in [5.41, 5.74) is -1.53. The van der Waals surface area contributed by atoms with Crippen LogP contribution in [0.1, 0.15) is 15.9 Å². The summed E-state index contributed by atoms with van der Waals surface area (Å²) in [6.45, 7) is -0.317. The van der Waals surface area contributed by atoms with Crippen molar-refractivity contribution >= 4 is 27.7 Å². The number of alkyl halides is 3. The maximum absolute atomic E-state index is 12.9. The van der Waals surface area contributed by atoms with E-state index >= 15 is 0 Å². The Hall–Kier alpha value is -1.57. The molecule has 20 heavy (non-hydrogen) atoms. The van der Waals surface area contributed by atoms with Crippen molar-refractivity contribution in [1.82, 2.24) is 10.2 Å². The van der Waals surface area contributed by atoms with Crippen molar-refractivity contribution < 1.29 is 22.8 Å². The molecule has 1 aromatic rings. The van der Waals surface area contributed by atoms with E-state index in [4.69, 9.17) is 0 Å². The summed E-state index contributed by atoms with van der Waals surface area (Å²) in [4.78, 5) is 24.1. The Kier molecular flexibility index (Phi) is 5.15. The van der Waals surface area contributed by atoms with Crippen LogP contribution >= 0.6 is 15.9 Å². The Balaban J connectivity index is 3.13. The molecule has 0 saturated heterocycles. The first-order valence-corrected chi connectivity index (χ1v) is 6.29. The number of likely N-dealkylation sites (N-methyl/N-ethyl adjacent to an activating group) is 2. The summed E-state index contributed by atoms with van der Waals surface area (Å²) < 4.78 is 38.9. The van der Waals surface area contributed by atoms with Crippen LogP contribution in [0.25, 0.3) is 0 Å². The quantitative estimate of drug-likeness (QED) is 0.907. The van der Waals surface area contributed by atoms with Crippen molar-refractivity contribution in [3.8, 4) is 0 Å². The lowest BCUT2D eigenvalue weighted by atomic mass is 10.1. The van der Waals surface area contributed by atoms with Crippen LogP contribution in [0.2, 0.25) is 0 Å². The van der Waals surface area contributed by atoms with Gasteiger partial charge in [-0.3, -0.25) is 9.59 Å². The van der Waals surface area contributed by atoms with E-state index in [2.05, 4.69) is 21.2 Å². The second-order valence-corrected chi connectivity index (χ2v) is 4.94. The molecular formula is C12H12BrF3N2O2. The van der Waals surface area contributed by atoms with Crippen molar-refractivity contribution in [3.05, 3.63) is 33.8 Å². The molecule has 2 amide bonds. The molecule has 0 aliphatic rings. The largest absolute Gasteiger partial charge is 0.417 e. The number of nitrogens with zero attached hydrogens (tertiary/aromatic N) is 1. The normalized spacial score (nSPS) is 11.1. The Morgan fingerprint density at radius 1 is 1.35 bits per heavy atom. The van der Waals surface area contributed by atoms with E-state index < -0.39 is 29.1 Å². The van der Waals surface area contributed by atoms with Gasteiger partial charge in [-0.25, -0.2) is 0 Å². The van der Waals surface area contributed by atoms with Crippen molar-refractivity contribution in [2.45, 2.75) is 6.18 Å². The first-order valence-electron chi connectivity index (χ1n) is 5.49. The van der Waals surface area contributed by atoms with E-state index in [0.717, 1.165) is 17.0 Å². The van der Waals surface area contributed by atoms with E-state index in [1.807, 2.05) is 0 Å². The van der Waals surface area contributed by atoms with Crippen LogP contribution in [-0.2, 0) is 11.0 Å². The van der Waals surface area contributed by atoms with Gasteiger partial charge in [0.2, 0.25) is 5.91 Å². The number of carbonyl (C=O) groups excluding carboxylic acids is 2. The monoisotopic (exact) mass is 352 g/mol. The fourth-order valence-corrected chi connectivity index (χ4v) is 1.87. The molecular weight excluding hydrogens is 341 g/mol. The Bertz CT molecular complexity index is 532. The third-order valence-corrected chi connectivity index (χ3v) is 3.02. The SMILES string of the molecule is CNC(=O)CN(C)C(=O)c1ccc(Br)cc1C(F)(F)F. The number of hydrogen-bond acceptors (Lipinski definition) is 2. The zero-order valence-corrected chi connectivity index (χ0v) is 12.3. The maximum atomic E-state index is 12.9. The number of halogens is 4. The van der Waals surface area contributed by atoms with Gasteiger partial charge in [-0.1, -0.05) is 15.9 Å². The Morgan fingerprint density at radius 3 is 2.45 bits per heavy atom. The highest BCUT2D eigenvalue weighted by Crippen LogP contribution is 2.34. The molecule has 1 N–H and O–H groups in total. The number of hydrogen-bond donors (Lipinski definition) is 1. The smallest absolute Gasteiger partial charge is 0.358 e. The minimum Gasteiger partial charge on any atom is -0.358 e. The number of carbonyl (C=O) groups is 2. The summed E-state index contributed by atoms with van der Waals surface area (Å²) in [7, 11) is 2.64. The highest BCUT2D eigenvalue weighted by Gasteiger charge is 2.36. The molecule has 8 heteroatoms. The van der Waals surface area contributed by atoms with Crippen molar-refractivity contribution in [2.24, 2.45) is 0 Å². The van der Waals surface area contributed by atoms with Crippen molar-refractivity contribution in [2.75, 3.05) is 20.6 Å². The molecule has 0 aliphatic carbocycles. The average molecular weight is 353 g/mol. The van der Waals surface area contributed by atoms with E-state index in [0.29, 0.717) is 0 Å². The fourth-order valence-electron chi connectivity index (χ4n) is 1.51. The van der Waals surface area contributed by atoms with E-state index in [-0.39, 0.29) is 11.0 Å². The molecule has 0 bridgehead atoms. The zero-order valence-electron chi connectivity index (χ0n) is 10.7. The van der Waals surface area contributed by atoms with Gasteiger partial charge in [-0.05, 0) is 18.2 Å². The van der Waals surface area contributed by atoms with Crippen LogP contribution in [0.4, 0.5) is 13.2 Å². The van der Waals surface area contributed by atoms with Crippen LogP contribution < -0.4 is 5.32 Å². The average Bonchev–Trinajstić information content (AvgIpc) is 2.36. The fraction of sp³-hybridized carbons (Fsp3) is 0.333. The van der Waals surface area contributed by atoms with Crippen LogP contribution in [-0.4, -0.2) is 37.4 Å². The molecule has 0 fully saturated rings. The first kappa shape index (κ1) is 16.5. The summed E-state index contributed by atoms with van der Waals surface area (Å²) in [6.07, 6.45) is -4.65. The molecule has 0 aromatic heterocycles. The van der Waals surface area contributed by atoms with Crippen molar-refractivity contribution in [3.63, 3.8) is 0 Å². The molecule has 1 aromatic carbocycles. The van der Waals surface area contributed by atoms with Crippen LogP contribution in [0.15, 0.2) is 22.7 Å². The van der Waals surface area contributed by atoms with Gasteiger partial charge in [0.05, 0.1) is 17.7 Å². The Morgan fingerprint density at radius 2 is 1.95 bits per heavy atom. The molecule has 0 aliphatic heterocycles. The minimum absolute atomic E-state index is 0.218. The molecule has 0 radical (unpaired) electrons. The summed E-state index contributed by atoms with van der Waals surface area (Å²) >= 11 is 2.94. The third-order valence-electron chi connectivity index (χ3n) is 2.52. The topological polar surface area (TPSA) is 49.4 Å². The van der Waals surface area contributed by atoms with Gasteiger partial charge in [0.15, 0.2) is 0 Å². The molecule has 1 rings (SSSR count). The summed E-state index contributed by atoms with van der Waals surface area (Å²) in [5, 5.41) is 2.29. The van der Waals surface area contributed by atoms with Gasteiger partial charge in [0.1, 0.15) is 0 Å². The second-order valence-electron chi connectivity index (χ2n) is 4.02. The van der Waals surface area contributed by atoms with E-state index in [1.54, 1.807) is 0 Å². The van der Waals surface area contributed by atoms with Gasteiger partial charge >= 0.3 is 6.18 Å². The second kappa shape index (κ2) is 6.25. The van der Waals surface area contributed by atoms with Crippen LogP contribution in [0.3, 0.4) is 0 Å². The number of benzene rings is 1. The zero-order chi connectivity index (χ0) is 15.5. The highest BCUT2D eigenvalue weighted by atomic mass is 79.9. The standard InChI is InChI=1S/C12H12BrF3N2O2/c1-17-10(19)6-18(2)11(20)8-4-3-7(13)5-9(8)12(14,15)16/h3-5H,6H2,1-2H3,(H,17,19). The predicted octanol–water partition coefficient (Wildman–Crippen LogP) is 2.29. The molecule has 0 unspecified atom stereocenters. The first-order chi connectivity index (χ1) is 9.16. The molecule has 0 spiro atoms. The van der Waals surface area contributed by atoms with Gasteiger partial charge in [0.25, 0.3) is 5.91 Å². The predicted molar refractivity (Wildman–Crippen MR) is 70.2 cm³/mol. The van der Waals surface area contributed by atoms with Gasteiger partial charge in [0, 0.05) is 18.6 Å². The van der Waals surface area contributed by atoms with Gasteiger partial charge < -0.3 is 10.2 Å². The summed E-state index contributed by atoms with van der Waals surface area (Å²) in [6, 6.07) is 3.26. The van der Waals surface area contributed by atoms with E-state index in [1.165, 1.54) is 20.2 Å². The summed E-state index contributed by atoms with van der Waals surface area (Å²) in [5.74, 6) is -1.33. The van der Waals surface area contributed by atoms with Crippen molar-refractivity contribution in [1.29, 1.82) is 0 Å². The Labute approximate surface area is 122 Å². The maximum Gasteiger partial charge on any atom is 0.417 e. The minimum atomic E-state index is -4.65. The van der Waals surface area contributed by atoms with Gasteiger partial charge in [-0.2, -0.15) is 13.2 Å². The van der Waals surface area contributed by atoms with E-state index in [9.17, 15) is 22.8 Å². The molecule has 4 nitrogen and oxygen atoms in total. The van der Waals surface area contributed by atoms with Gasteiger partial charge in [-0.15, -0.1) is 0 Å². The molecule has 110 valence electrons. The number of amides is 2. The molecule has 0 saturated carbocycles. The molecule has 0 heterocycles.